The average Bonchev–Trinajstić information content (AvgIpc) is 2.61. The second-order valence-corrected chi connectivity index (χ2v) is 5.86. The lowest BCUT2D eigenvalue weighted by molar-refractivity contribution is -0.178. The van der Waals surface area contributed by atoms with Crippen LogP contribution in [0, 0.1) is 0 Å². The van der Waals surface area contributed by atoms with Crippen LogP contribution in [0.5, 0.6) is 0 Å². The third-order valence-electron chi connectivity index (χ3n) is 4.32. The Morgan fingerprint density at radius 1 is 1.12 bits per heavy atom. The minimum absolute atomic E-state index is 0.159. The largest absolute Gasteiger partial charge is 0.464 e. The van der Waals surface area contributed by atoms with Crippen LogP contribution >= 0.6 is 0 Å². The Kier molecular flexibility index (Phi) is 4.56. The van der Waals surface area contributed by atoms with Crippen LogP contribution in [0.25, 0.3) is 0 Å². The van der Waals surface area contributed by atoms with E-state index in [9.17, 15) is 18.0 Å². The van der Waals surface area contributed by atoms with Crippen LogP contribution in [0.2, 0.25) is 0 Å². The maximum atomic E-state index is 12.8. The molecular formula is C19H17F3O3. The fourth-order valence-electron chi connectivity index (χ4n) is 3.00. The molecule has 3 rings (SSSR count). The fourth-order valence-corrected chi connectivity index (χ4v) is 3.00. The maximum absolute atomic E-state index is 12.8. The number of benzene rings is 2. The number of halogens is 3. The van der Waals surface area contributed by atoms with Crippen LogP contribution in [0.15, 0.2) is 48.5 Å². The second-order valence-electron chi connectivity index (χ2n) is 5.86. The molecule has 6 heteroatoms. The molecule has 1 heterocycles. The van der Waals surface area contributed by atoms with Crippen molar-refractivity contribution >= 4 is 5.97 Å². The summed E-state index contributed by atoms with van der Waals surface area (Å²) in [4.78, 5) is 12.6. The standard InChI is InChI=1S/C19H17F3O3/c1-2-24-17(23)18(11-13-5-3-4-6-14(13)12-25-18)15-7-9-16(10-8-15)19(20,21)22/h3-10H,2,11-12H2,1H3. The lowest BCUT2D eigenvalue weighted by Crippen LogP contribution is -2.44. The first-order valence-electron chi connectivity index (χ1n) is 7.92. The first kappa shape index (κ1) is 17.5. The van der Waals surface area contributed by atoms with Gasteiger partial charge in [-0.3, -0.25) is 0 Å². The van der Waals surface area contributed by atoms with Gasteiger partial charge in [-0.2, -0.15) is 13.2 Å². The van der Waals surface area contributed by atoms with Gasteiger partial charge in [0, 0.05) is 6.42 Å². The summed E-state index contributed by atoms with van der Waals surface area (Å²) in [5.41, 5.74) is 0.0186. The number of hydrogen-bond donors (Lipinski definition) is 0. The van der Waals surface area contributed by atoms with Gasteiger partial charge in [0.2, 0.25) is 0 Å². The number of carbonyl (C=O) groups excluding carboxylic acids is 1. The number of rotatable bonds is 3. The van der Waals surface area contributed by atoms with Gasteiger partial charge in [0.25, 0.3) is 0 Å². The van der Waals surface area contributed by atoms with E-state index in [1.807, 2.05) is 24.3 Å². The third-order valence-corrected chi connectivity index (χ3v) is 4.32. The molecule has 0 aliphatic carbocycles. The Bertz CT molecular complexity index is 768. The summed E-state index contributed by atoms with van der Waals surface area (Å²) in [5, 5.41) is 0. The molecule has 132 valence electrons. The Morgan fingerprint density at radius 3 is 2.36 bits per heavy atom. The number of ether oxygens (including phenoxy) is 2. The Balaban J connectivity index is 2.03. The zero-order valence-electron chi connectivity index (χ0n) is 13.6. The number of esters is 1. The predicted molar refractivity (Wildman–Crippen MR) is 84.7 cm³/mol. The smallest absolute Gasteiger partial charge is 0.416 e. The monoisotopic (exact) mass is 350 g/mol. The van der Waals surface area contributed by atoms with Gasteiger partial charge >= 0.3 is 12.1 Å². The molecule has 25 heavy (non-hydrogen) atoms. The third kappa shape index (κ3) is 3.26. The zero-order valence-corrected chi connectivity index (χ0v) is 13.6. The summed E-state index contributed by atoms with van der Waals surface area (Å²) in [6.07, 6.45) is -4.22. The molecule has 0 saturated heterocycles. The topological polar surface area (TPSA) is 35.5 Å². The van der Waals surface area contributed by atoms with Crippen molar-refractivity contribution in [2.24, 2.45) is 0 Å². The molecule has 0 saturated carbocycles. The molecule has 0 radical (unpaired) electrons. The van der Waals surface area contributed by atoms with Crippen LogP contribution in [-0.4, -0.2) is 12.6 Å². The molecular weight excluding hydrogens is 333 g/mol. The summed E-state index contributed by atoms with van der Waals surface area (Å²) < 4.78 is 49.5. The van der Waals surface area contributed by atoms with Gasteiger partial charge in [0.15, 0.2) is 5.60 Å². The van der Waals surface area contributed by atoms with Crippen LogP contribution in [-0.2, 0) is 39.1 Å². The van der Waals surface area contributed by atoms with E-state index in [1.165, 1.54) is 12.1 Å². The quantitative estimate of drug-likeness (QED) is 0.777. The lowest BCUT2D eigenvalue weighted by atomic mass is 9.83. The van der Waals surface area contributed by atoms with Gasteiger partial charge in [0.1, 0.15) is 0 Å². The van der Waals surface area contributed by atoms with Crippen molar-refractivity contribution in [3.8, 4) is 0 Å². The van der Waals surface area contributed by atoms with E-state index in [-0.39, 0.29) is 19.6 Å². The molecule has 1 aliphatic heterocycles. The summed E-state index contributed by atoms with van der Waals surface area (Å²) in [6.45, 7) is 2.03. The lowest BCUT2D eigenvalue weighted by Gasteiger charge is -2.36. The molecule has 0 aromatic heterocycles. The van der Waals surface area contributed by atoms with Crippen molar-refractivity contribution in [3.05, 3.63) is 70.8 Å². The van der Waals surface area contributed by atoms with Gasteiger partial charge in [-0.05, 0) is 35.7 Å². The SMILES string of the molecule is CCOC(=O)C1(c2ccc(C(F)(F)F)cc2)Cc2ccccc2CO1. The van der Waals surface area contributed by atoms with Crippen LogP contribution in [0.3, 0.4) is 0 Å². The van der Waals surface area contributed by atoms with Gasteiger partial charge in [0.05, 0.1) is 18.8 Å². The van der Waals surface area contributed by atoms with Crippen molar-refractivity contribution in [1.29, 1.82) is 0 Å². The molecule has 1 unspecified atom stereocenters. The first-order chi connectivity index (χ1) is 11.9. The van der Waals surface area contributed by atoms with Gasteiger partial charge in [-0.25, -0.2) is 4.79 Å². The molecule has 1 atom stereocenters. The van der Waals surface area contributed by atoms with Crippen LogP contribution < -0.4 is 0 Å². The zero-order chi connectivity index (χ0) is 18.1. The molecule has 0 fully saturated rings. The van der Waals surface area contributed by atoms with Gasteiger partial charge < -0.3 is 9.47 Å². The number of alkyl halides is 3. The highest BCUT2D eigenvalue weighted by Crippen LogP contribution is 2.39. The molecule has 0 bridgehead atoms. The summed E-state index contributed by atoms with van der Waals surface area (Å²) in [5.74, 6) is -0.593. The fraction of sp³-hybridized carbons (Fsp3) is 0.316. The van der Waals surface area contributed by atoms with E-state index in [2.05, 4.69) is 0 Å². The highest BCUT2D eigenvalue weighted by atomic mass is 19.4. The van der Waals surface area contributed by atoms with E-state index in [0.29, 0.717) is 5.56 Å². The molecule has 2 aromatic rings. The molecule has 0 N–H and O–H groups in total. The molecule has 0 spiro atoms. The van der Waals surface area contributed by atoms with Crippen LogP contribution in [0.1, 0.15) is 29.2 Å². The van der Waals surface area contributed by atoms with E-state index in [4.69, 9.17) is 9.47 Å². The van der Waals surface area contributed by atoms with Crippen molar-refractivity contribution in [2.75, 3.05) is 6.61 Å². The minimum atomic E-state index is -4.43. The number of hydrogen-bond acceptors (Lipinski definition) is 3. The number of carbonyl (C=O) groups is 1. The molecule has 0 amide bonds. The van der Waals surface area contributed by atoms with Crippen molar-refractivity contribution in [2.45, 2.75) is 31.7 Å². The summed E-state index contributed by atoms with van der Waals surface area (Å²) in [7, 11) is 0. The normalized spacial score (nSPS) is 20.0. The van der Waals surface area contributed by atoms with Gasteiger partial charge in [-0.15, -0.1) is 0 Å². The van der Waals surface area contributed by atoms with Crippen molar-refractivity contribution in [3.63, 3.8) is 0 Å². The van der Waals surface area contributed by atoms with E-state index >= 15 is 0 Å². The molecule has 2 aromatic carbocycles. The Labute approximate surface area is 143 Å². The Hall–Kier alpha value is -2.34. The van der Waals surface area contributed by atoms with E-state index in [0.717, 1.165) is 23.3 Å². The highest BCUT2D eigenvalue weighted by molar-refractivity contribution is 5.82. The Morgan fingerprint density at radius 2 is 1.76 bits per heavy atom. The van der Waals surface area contributed by atoms with Crippen molar-refractivity contribution < 1.29 is 27.4 Å². The molecule has 3 nitrogen and oxygen atoms in total. The van der Waals surface area contributed by atoms with E-state index < -0.39 is 23.3 Å². The minimum Gasteiger partial charge on any atom is -0.464 e. The molecule has 1 aliphatic rings. The van der Waals surface area contributed by atoms with Crippen molar-refractivity contribution in [1.82, 2.24) is 0 Å². The van der Waals surface area contributed by atoms with Crippen LogP contribution in [0.4, 0.5) is 13.2 Å². The first-order valence-corrected chi connectivity index (χ1v) is 7.92. The number of fused-ring (bicyclic) bond motifs is 1. The summed E-state index contributed by atoms with van der Waals surface area (Å²) in [6, 6.07) is 12.0. The van der Waals surface area contributed by atoms with Gasteiger partial charge in [-0.1, -0.05) is 36.4 Å². The highest BCUT2D eigenvalue weighted by Gasteiger charge is 2.46. The predicted octanol–water partition coefficient (Wildman–Crippen LogP) is 4.24. The second kappa shape index (κ2) is 6.52. The average molecular weight is 350 g/mol. The summed E-state index contributed by atoms with van der Waals surface area (Å²) >= 11 is 0. The van der Waals surface area contributed by atoms with E-state index in [1.54, 1.807) is 6.92 Å². The maximum Gasteiger partial charge on any atom is 0.416 e.